The first-order valence-corrected chi connectivity index (χ1v) is 11.1. The molecular weight excluding hydrogens is 468 g/mol. The van der Waals surface area contributed by atoms with Crippen LogP contribution in [0.4, 0.5) is 0 Å². The molecule has 0 aromatic heterocycles. The fourth-order valence-electron chi connectivity index (χ4n) is 4.35. The number of hydrogen-bond donors (Lipinski definition) is 5. The second-order valence-electron chi connectivity index (χ2n) is 8.51. The van der Waals surface area contributed by atoms with Gasteiger partial charge in [-0.15, -0.1) is 0 Å². The maximum Gasteiger partial charge on any atom is 0.219 e. The zero-order chi connectivity index (χ0) is 26.1. The Morgan fingerprint density at radius 3 is 1.81 bits per heavy atom. The molecule has 36 heavy (non-hydrogen) atoms. The number of Topliss-reactive ketones (excluding diaryl/α,β-unsaturated/α-hetero) is 3. The molecule has 1 saturated heterocycles. The highest BCUT2D eigenvalue weighted by Crippen LogP contribution is 2.42. The second kappa shape index (κ2) is 9.82. The van der Waals surface area contributed by atoms with Crippen molar-refractivity contribution in [1.82, 2.24) is 0 Å². The van der Waals surface area contributed by atoms with Crippen LogP contribution in [0.15, 0.2) is 91.0 Å². The van der Waals surface area contributed by atoms with Crippen molar-refractivity contribution in [3.63, 3.8) is 0 Å². The predicted molar refractivity (Wildman–Crippen MR) is 125 cm³/mol. The molecule has 4 rings (SSSR count). The van der Waals surface area contributed by atoms with E-state index in [-0.39, 0.29) is 16.7 Å². The zero-order valence-electron chi connectivity index (χ0n) is 18.8. The molecule has 0 amide bonds. The van der Waals surface area contributed by atoms with E-state index >= 15 is 0 Å². The van der Waals surface area contributed by atoms with Gasteiger partial charge in [0.25, 0.3) is 0 Å². The van der Waals surface area contributed by atoms with Crippen molar-refractivity contribution in [3.05, 3.63) is 108 Å². The van der Waals surface area contributed by atoms with Gasteiger partial charge in [0.2, 0.25) is 17.2 Å². The monoisotopic (exact) mass is 492 g/mol. The zero-order valence-corrected chi connectivity index (χ0v) is 18.8. The molecule has 1 aliphatic heterocycles. The second-order valence-corrected chi connectivity index (χ2v) is 8.51. The van der Waals surface area contributed by atoms with Gasteiger partial charge in [-0.05, 0) is 5.56 Å². The van der Waals surface area contributed by atoms with Gasteiger partial charge in [0, 0.05) is 11.1 Å². The minimum atomic E-state index is -3.41. The van der Waals surface area contributed by atoms with Crippen LogP contribution >= 0.6 is 0 Å². The van der Waals surface area contributed by atoms with Crippen LogP contribution in [0, 0.1) is 0 Å². The van der Waals surface area contributed by atoms with Crippen LogP contribution < -0.4 is 0 Å². The molecule has 1 fully saturated rings. The van der Waals surface area contributed by atoms with E-state index in [1.54, 1.807) is 18.2 Å². The molecule has 6 atom stereocenters. The van der Waals surface area contributed by atoms with Gasteiger partial charge in [0.15, 0.2) is 17.7 Å². The Balaban J connectivity index is 1.89. The lowest BCUT2D eigenvalue weighted by molar-refractivity contribution is -0.180. The molecule has 0 saturated carbocycles. The van der Waals surface area contributed by atoms with Crippen LogP contribution in [0.2, 0.25) is 0 Å². The number of carbonyl (C=O) groups is 3. The summed E-state index contributed by atoms with van der Waals surface area (Å²) in [6.07, 6.45) is -9.16. The third kappa shape index (κ3) is 4.07. The van der Waals surface area contributed by atoms with E-state index in [1.165, 1.54) is 72.8 Å². The fraction of sp³-hybridized carbons (Fsp3) is 0.222. The van der Waals surface area contributed by atoms with Crippen LogP contribution in [0.5, 0.6) is 0 Å². The standard InChI is InChI=1S/C27H24O9/c28-19(16-10-4-1-5-11-16)22(31)26(34,20(29)17-12-6-2-7-13-17)25-27(35,23(32)24(33)36-25)21(30)18-14-8-3-9-15-18/h1-15,19,23-25,28,32-35H/t19?,23-,24?,25+,26+,27-/m0/s1. The Morgan fingerprint density at radius 1 is 0.806 bits per heavy atom. The van der Waals surface area contributed by atoms with Crippen molar-refractivity contribution < 1.29 is 44.7 Å². The lowest BCUT2D eigenvalue weighted by Gasteiger charge is -2.39. The number of ketones is 3. The molecule has 5 N–H and O–H groups in total. The van der Waals surface area contributed by atoms with Crippen molar-refractivity contribution in [2.45, 2.75) is 35.8 Å². The van der Waals surface area contributed by atoms with Crippen LogP contribution in [0.1, 0.15) is 32.4 Å². The highest BCUT2D eigenvalue weighted by atomic mass is 16.7. The van der Waals surface area contributed by atoms with Gasteiger partial charge < -0.3 is 30.3 Å². The number of hydrogen-bond acceptors (Lipinski definition) is 9. The first-order valence-electron chi connectivity index (χ1n) is 11.1. The topological polar surface area (TPSA) is 162 Å². The Bertz CT molecular complexity index is 1250. The van der Waals surface area contributed by atoms with E-state index in [2.05, 4.69) is 0 Å². The Labute approximate surface area is 205 Å². The summed E-state index contributed by atoms with van der Waals surface area (Å²) >= 11 is 0. The maximum absolute atomic E-state index is 13.6. The molecule has 0 aliphatic carbocycles. The van der Waals surface area contributed by atoms with E-state index in [9.17, 15) is 39.9 Å². The summed E-state index contributed by atoms with van der Waals surface area (Å²) in [4.78, 5) is 40.7. The van der Waals surface area contributed by atoms with Crippen LogP contribution in [0.25, 0.3) is 0 Å². The molecule has 2 unspecified atom stereocenters. The SMILES string of the molecule is O=C(c1ccccc1)[C@@](O)(C(=O)C(O)c1ccccc1)[C@H]1OC(O)[C@H](O)[C@@]1(O)C(=O)c1ccccc1. The van der Waals surface area contributed by atoms with Gasteiger partial charge in [-0.25, -0.2) is 0 Å². The predicted octanol–water partition coefficient (Wildman–Crippen LogP) is 0.595. The lowest BCUT2D eigenvalue weighted by Crippen LogP contribution is -2.68. The summed E-state index contributed by atoms with van der Waals surface area (Å²) in [5, 5.41) is 55.0. The van der Waals surface area contributed by atoms with Crippen molar-refractivity contribution in [3.8, 4) is 0 Å². The smallest absolute Gasteiger partial charge is 0.219 e. The third-order valence-electron chi connectivity index (χ3n) is 6.30. The average molecular weight is 492 g/mol. The third-order valence-corrected chi connectivity index (χ3v) is 6.30. The fourth-order valence-corrected chi connectivity index (χ4v) is 4.35. The molecule has 0 bridgehead atoms. The number of ether oxygens (including phenoxy) is 1. The van der Waals surface area contributed by atoms with E-state index in [4.69, 9.17) is 4.74 Å². The summed E-state index contributed by atoms with van der Waals surface area (Å²) < 4.78 is 5.18. The first-order chi connectivity index (χ1) is 17.1. The van der Waals surface area contributed by atoms with Crippen molar-refractivity contribution in [2.75, 3.05) is 0 Å². The van der Waals surface area contributed by atoms with Crippen molar-refractivity contribution >= 4 is 17.3 Å². The number of benzene rings is 3. The summed E-state index contributed by atoms with van der Waals surface area (Å²) in [6, 6.07) is 21.5. The minimum Gasteiger partial charge on any atom is -0.384 e. The highest BCUT2D eigenvalue weighted by Gasteiger charge is 2.70. The quantitative estimate of drug-likeness (QED) is 0.224. The molecular formula is C27H24O9. The number of rotatable bonds is 8. The summed E-state index contributed by atoms with van der Waals surface area (Å²) in [5.41, 5.74) is -6.89. The average Bonchev–Trinajstić information content (AvgIpc) is 3.17. The summed E-state index contributed by atoms with van der Waals surface area (Å²) in [7, 11) is 0. The molecule has 9 heteroatoms. The largest absolute Gasteiger partial charge is 0.384 e. The van der Waals surface area contributed by atoms with Crippen LogP contribution in [0.3, 0.4) is 0 Å². The Morgan fingerprint density at radius 2 is 1.28 bits per heavy atom. The van der Waals surface area contributed by atoms with Gasteiger partial charge in [-0.2, -0.15) is 0 Å². The summed E-state index contributed by atoms with van der Waals surface area (Å²) in [5.74, 6) is -4.04. The summed E-state index contributed by atoms with van der Waals surface area (Å²) in [6.45, 7) is 0. The van der Waals surface area contributed by atoms with Gasteiger partial charge in [-0.1, -0.05) is 91.0 Å². The Kier molecular flexibility index (Phi) is 6.96. The number of carbonyl (C=O) groups excluding carboxylic acids is 3. The molecule has 1 aliphatic rings. The molecule has 3 aromatic carbocycles. The normalized spacial score (nSPS) is 26.1. The molecule has 0 radical (unpaired) electrons. The van der Waals surface area contributed by atoms with E-state index < -0.39 is 53.2 Å². The van der Waals surface area contributed by atoms with Crippen LogP contribution in [-0.4, -0.2) is 72.6 Å². The van der Waals surface area contributed by atoms with E-state index in [1.807, 2.05) is 0 Å². The lowest BCUT2D eigenvalue weighted by atomic mass is 9.71. The van der Waals surface area contributed by atoms with Gasteiger partial charge >= 0.3 is 0 Å². The Hall–Kier alpha value is -3.57. The van der Waals surface area contributed by atoms with E-state index in [0.29, 0.717) is 0 Å². The first kappa shape index (κ1) is 25.5. The van der Waals surface area contributed by atoms with E-state index in [0.717, 1.165) is 0 Å². The highest BCUT2D eigenvalue weighted by molar-refractivity contribution is 6.20. The number of aliphatic hydroxyl groups excluding tert-OH is 3. The molecule has 3 aromatic rings. The van der Waals surface area contributed by atoms with Crippen molar-refractivity contribution in [2.24, 2.45) is 0 Å². The minimum absolute atomic E-state index is 0.0128. The molecule has 9 nitrogen and oxygen atoms in total. The number of aliphatic hydroxyl groups is 5. The van der Waals surface area contributed by atoms with Crippen molar-refractivity contribution in [1.29, 1.82) is 0 Å². The molecule has 186 valence electrons. The van der Waals surface area contributed by atoms with Gasteiger partial charge in [0.05, 0.1) is 0 Å². The van der Waals surface area contributed by atoms with Crippen LogP contribution in [-0.2, 0) is 9.53 Å². The van der Waals surface area contributed by atoms with Gasteiger partial charge in [-0.3, -0.25) is 14.4 Å². The maximum atomic E-state index is 13.6. The van der Waals surface area contributed by atoms with Gasteiger partial charge in [0.1, 0.15) is 18.3 Å². The molecule has 0 spiro atoms. The molecule has 1 heterocycles.